The molecular formula is C52H47N. The van der Waals surface area contributed by atoms with Crippen LogP contribution in [0.25, 0.3) is 33.4 Å². The van der Waals surface area contributed by atoms with Crippen molar-refractivity contribution in [3.05, 3.63) is 162 Å². The summed E-state index contributed by atoms with van der Waals surface area (Å²) in [6.07, 6.45) is 13.6. The molecule has 0 aromatic heterocycles. The number of para-hydroxylation sites is 1. The molecule has 6 aromatic carbocycles. The molecule has 6 aromatic rings. The Hall–Kier alpha value is -4.88. The van der Waals surface area contributed by atoms with Crippen LogP contribution in [0.3, 0.4) is 0 Å². The van der Waals surface area contributed by atoms with Crippen LogP contribution >= 0.6 is 0 Å². The van der Waals surface area contributed by atoms with Gasteiger partial charge in [-0.2, -0.15) is 0 Å². The molecule has 53 heavy (non-hydrogen) atoms. The van der Waals surface area contributed by atoms with Gasteiger partial charge in [-0.25, -0.2) is 0 Å². The highest BCUT2D eigenvalue weighted by Crippen LogP contribution is 2.69. The Balaban J connectivity index is 1.08. The van der Waals surface area contributed by atoms with E-state index >= 15 is 0 Å². The molecule has 7 aliphatic rings. The third-order valence-corrected chi connectivity index (χ3v) is 15.2. The largest absolute Gasteiger partial charge is 0.310 e. The molecule has 0 amide bonds. The highest BCUT2D eigenvalue weighted by atomic mass is 15.1. The lowest BCUT2D eigenvalue weighted by atomic mass is 9.43. The van der Waals surface area contributed by atoms with Crippen molar-refractivity contribution in [2.24, 2.45) is 23.7 Å². The first-order chi connectivity index (χ1) is 26.2. The Kier molecular flexibility index (Phi) is 6.53. The predicted octanol–water partition coefficient (Wildman–Crippen LogP) is 13.8. The highest BCUT2D eigenvalue weighted by molar-refractivity contribution is 5.93. The van der Waals surface area contributed by atoms with Crippen LogP contribution in [-0.4, -0.2) is 0 Å². The van der Waals surface area contributed by atoms with Gasteiger partial charge in [0.05, 0.1) is 5.69 Å². The number of rotatable bonds is 4. The quantitative estimate of drug-likeness (QED) is 0.179. The molecule has 0 N–H and O–H groups in total. The topological polar surface area (TPSA) is 3.24 Å². The van der Waals surface area contributed by atoms with E-state index in [0.717, 1.165) is 23.7 Å². The average molecular weight is 686 g/mol. The summed E-state index contributed by atoms with van der Waals surface area (Å²) in [4.78, 5) is 2.60. The van der Waals surface area contributed by atoms with Crippen molar-refractivity contribution in [3.8, 4) is 33.4 Å². The number of hydrogen-bond acceptors (Lipinski definition) is 1. The summed E-state index contributed by atoms with van der Waals surface area (Å²) in [5.41, 5.74) is 18.8. The first kappa shape index (κ1) is 30.6. The van der Waals surface area contributed by atoms with E-state index in [1.54, 1.807) is 16.7 Å². The fourth-order valence-corrected chi connectivity index (χ4v) is 13.5. The van der Waals surface area contributed by atoms with Crippen molar-refractivity contribution in [2.75, 3.05) is 4.90 Å². The van der Waals surface area contributed by atoms with Gasteiger partial charge in [-0.1, -0.05) is 128 Å². The maximum atomic E-state index is 2.60. The first-order valence-corrected chi connectivity index (χ1v) is 20.7. The van der Waals surface area contributed by atoms with Crippen LogP contribution in [0.2, 0.25) is 0 Å². The standard InChI is InChI=1S/C52H47N/c1-3-13-36(14-4-1)41-15-7-10-20-50(41)53(40-21-23-44-42-16-5-8-18-46(42)51(49(44)33-40)25-11-2-12-26-51)39-22-24-48-45(32-39)43-17-6-9-19-47(43)52(48)37-28-34-27-35(30-37)31-38(52)29-34/h1,3-10,13-24,32-35,37-38H,2,11-12,25-31H2. The molecule has 5 saturated carbocycles. The van der Waals surface area contributed by atoms with E-state index in [1.807, 2.05) is 0 Å². The second-order valence-electron chi connectivity index (χ2n) is 17.6. The summed E-state index contributed by atoms with van der Waals surface area (Å²) in [5.74, 6) is 3.43. The van der Waals surface area contributed by atoms with Crippen LogP contribution in [0.4, 0.5) is 17.1 Å². The normalized spacial score (nSPS) is 26.3. The minimum absolute atomic E-state index is 0.105. The monoisotopic (exact) mass is 685 g/mol. The molecule has 0 saturated heterocycles. The predicted molar refractivity (Wildman–Crippen MR) is 219 cm³/mol. The Labute approximate surface area is 314 Å². The van der Waals surface area contributed by atoms with Gasteiger partial charge in [0.1, 0.15) is 0 Å². The lowest BCUT2D eigenvalue weighted by Crippen LogP contribution is -2.55. The molecule has 0 unspecified atom stereocenters. The SMILES string of the molecule is c1ccc(-c2ccccc2N(c2ccc3c(c2)-c2ccccc2C32C3CC4CC(C3)CC2C4)c2ccc3c(c2)C2(CCCCC2)c2ccccc2-3)cc1. The molecule has 1 heteroatoms. The molecular weight excluding hydrogens is 639 g/mol. The summed E-state index contributed by atoms with van der Waals surface area (Å²) in [6, 6.07) is 54.1. The zero-order chi connectivity index (χ0) is 34.7. The van der Waals surface area contributed by atoms with Crippen molar-refractivity contribution in [3.63, 3.8) is 0 Å². The van der Waals surface area contributed by atoms with Gasteiger partial charge in [-0.15, -0.1) is 0 Å². The van der Waals surface area contributed by atoms with Crippen LogP contribution < -0.4 is 4.90 Å². The van der Waals surface area contributed by atoms with E-state index < -0.39 is 0 Å². The summed E-state index contributed by atoms with van der Waals surface area (Å²) in [5, 5.41) is 0. The Morgan fingerprint density at radius 1 is 0.415 bits per heavy atom. The van der Waals surface area contributed by atoms with Gasteiger partial charge in [0.25, 0.3) is 0 Å². The van der Waals surface area contributed by atoms with E-state index in [-0.39, 0.29) is 10.8 Å². The van der Waals surface area contributed by atoms with Gasteiger partial charge in [-0.3, -0.25) is 0 Å². The summed E-state index contributed by atoms with van der Waals surface area (Å²) in [7, 11) is 0. The molecule has 0 heterocycles. The molecule has 5 fully saturated rings. The molecule has 0 atom stereocenters. The number of fused-ring (bicyclic) bond motifs is 8. The number of benzene rings is 6. The van der Waals surface area contributed by atoms with Gasteiger partial charge < -0.3 is 4.90 Å². The summed E-state index contributed by atoms with van der Waals surface area (Å²) < 4.78 is 0. The zero-order valence-electron chi connectivity index (χ0n) is 30.6. The van der Waals surface area contributed by atoms with Crippen molar-refractivity contribution >= 4 is 17.1 Å². The average Bonchev–Trinajstić information content (AvgIpc) is 3.64. The first-order valence-electron chi connectivity index (χ1n) is 20.7. The summed E-state index contributed by atoms with van der Waals surface area (Å²) >= 11 is 0. The maximum absolute atomic E-state index is 2.60. The zero-order valence-corrected chi connectivity index (χ0v) is 30.6. The maximum Gasteiger partial charge on any atom is 0.0540 e. The van der Waals surface area contributed by atoms with E-state index in [2.05, 4.69) is 144 Å². The van der Waals surface area contributed by atoms with E-state index in [0.29, 0.717) is 0 Å². The molecule has 4 bridgehead atoms. The van der Waals surface area contributed by atoms with Crippen molar-refractivity contribution in [1.82, 2.24) is 0 Å². The van der Waals surface area contributed by atoms with E-state index in [4.69, 9.17) is 0 Å². The van der Waals surface area contributed by atoms with Crippen LogP contribution in [0.1, 0.15) is 86.5 Å². The van der Waals surface area contributed by atoms with Crippen molar-refractivity contribution in [2.45, 2.75) is 75.0 Å². The smallest absolute Gasteiger partial charge is 0.0540 e. The van der Waals surface area contributed by atoms with Gasteiger partial charge in [-0.05, 0) is 149 Å². The lowest BCUT2D eigenvalue weighted by Gasteiger charge is -2.61. The fourth-order valence-electron chi connectivity index (χ4n) is 13.5. The van der Waals surface area contributed by atoms with Crippen LogP contribution in [0, 0.1) is 23.7 Å². The highest BCUT2D eigenvalue weighted by Gasteiger charge is 2.61. The fraction of sp³-hybridized carbons (Fsp3) is 0.308. The third kappa shape index (κ3) is 4.15. The molecule has 0 aliphatic heterocycles. The molecule has 0 radical (unpaired) electrons. The second-order valence-corrected chi connectivity index (χ2v) is 17.6. The van der Waals surface area contributed by atoms with Crippen LogP contribution in [-0.2, 0) is 10.8 Å². The molecule has 260 valence electrons. The van der Waals surface area contributed by atoms with Crippen molar-refractivity contribution in [1.29, 1.82) is 0 Å². The van der Waals surface area contributed by atoms with Gasteiger partial charge >= 0.3 is 0 Å². The second kappa shape index (κ2) is 11.3. The minimum atomic E-state index is 0.105. The molecule has 1 nitrogen and oxygen atoms in total. The number of nitrogens with zero attached hydrogens (tertiary/aromatic N) is 1. The Morgan fingerprint density at radius 3 is 1.74 bits per heavy atom. The summed E-state index contributed by atoms with van der Waals surface area (Å²) in [6.45, 7) is 0. The van der Waals surface area contributed by atoms with E-state index in [1.165, 1.54) is 120 Å². The minimum Gasteiger partial charge on any atom is -0.310 e. The van der Waals surface area contributed by atoms with Crippen molar-refractivity contribution < 1.29 is 0 Å². The third-order valence-electron chi connectivity index (χ3n) is 15.2. The lowest BCUT2D eigenvalue weighted by molar-refractivity contribution is -0.0399. The van der Waals surface area contributed by atoms with Gasteiger partial charge in [0, 0.05) is 27.8 Å². The Morgan fingerprint density at radius 2 is 0.981 bits per heavy atom. The van der Waals surface area contributed by atoms with E-state index in [9.17, 15) is 0 Å². The van der Waals surface area contributed by atoms with Crippen LogP contribution in [0.5, 0.6) is 0 Å². The molecule has 7 aliphatic carbocycles. The number of hydrogen-bond donors (Lipinski definition) is 0. The molecule has 2 spiro atoms. The van der Waals surface area contributed by atoms with Gasteiger partial charge in [0.2, 0.25) is 0 Å². The Bertz CT molecular complexity index is 2380. The number of anilines is 3. The molecule has 13 rings (SSSR count). The van der Waals surface area contributed by atoms with Crippen LogP contribution in [0.15, 0.2) is 140 Å². The van der Waals surface area contributed by atoms with Gasteiger partial charge in [0.15, 0.2) is 0 Å².